The molecule has 0 N–H and O–H groups in total. The SMILES string of the molecule is CCOn1nnc2ccccc21. The summed E-state index contributed by atoms with van der Waals surface area (Å²) >= 11 is 0. The van der Waals surface area contributed by atoms with Gasteiger partial charge in [0.25, 0.3) is 0 Å². The van der Waals surface area contributed by atoms with Crippen molar-refractivity contribution in [1.82, 2.24) is 15.2 Å². The molecule has 0 saturated carbocycles. The Morgan fingerprint density at radius 2 is 2.25 bits per heavy atom. The van der Waals surface area contributed by atoms with E-state index in [0.29, 0.717) is 6.61 Å². The first-order chi connectivity index (χ1) is 5.92. The van der Waals surface area contributed by atoms with Crippen LogP contribution in [0.3, 0.4) is 0 Å². The number of benzene rings is 1. The fraction of sp³-hybridized carbons (Fsp3) is 0.250. The van der Waals surface area contributed by atoms with Crippen LogP contribution in [0.15, 0.2) is 24.3 Å². The molecule has 0 amide bonds. The molecule has 1 aromatic carbocycles. The van der Waals surface area contributed by atoms with E-state index in [2.05, 4.69) is 10.3 Å². The van der Waals surface area contributed by atoms with Gasteiger partial charge in [0, 0.05) is 0 Å². The molecule has 0 radical (unpaired) electrons. The van der Waals surface area contributed by atoms with Crippen LogP contribution in [0.4, 0.5) is 0 Å². The van der Waals surface area contributed by atoms with E-state index in [9.17, 15) is 0 Å². The molecule has 62 valence electrons. The molecule has 0 aliphatic heterocycles. The smallest absolute Gasteiger partial charge is 0.130 e. The Kier molecular flexibility index (Phi) is 1.66. The van der Waals surface area contributed by atoms with Crippen molar-refractivity contribution in [3.8, 4) is 0 Å². The largest absolute Gasteiger partial charge is 0.395 e. The molecule has 4 nitrogen and oxygen atoms in total. The van der Waals surface area contributed by atoms with Gasteiger partial charge in [-0.05, 0) is 24.3 Å². The number of aromatic nitrogens is 3. The molecule has 2 rings (SSSR count). The minimum Gasteiger partial charge on any atom is -0.395 e. The van der Waals surface area contributed by atoms with Crippen molar-refractivity contribution >= 4 is 11.0 Å². The molecule has 0 saturated heterocycles. The van der Waals surface area contributed by atoms with E-state index >= 15 is 0 Å². The fourth-order valence-electron chi connectivity index (χ4n) is 1.07. The number of para-hydroxylation sites is 1. The molecular formula is C8H9N3O. The van der Waals surface area contributed by atoms with Crippen LogP contribution < -0.4 is 4.84 Å². The van der Waals surface area contributed by atoms with Gasteiger partial charge in [-0.3, -0.25) is 0 Å². The van der Waals surface area contributed by atoms with Crippen molar-refractivity contribution in [2.45, 2.75) is 6.92 Å². The lowest BCUT2D eigenvalue weighted by atomic mass is 10.3. The highest BCUT2D eigenvalue weighted by Crippen LogP contribution is 2.07. The standard InChI is InChI=1S/C8H9N3O/c1-2-12-11-8-6-4-3-5-7(8)9-10-11/h3-6H,2H2,1H3. The minimum atomic E-state index is 0.591. The Morgan fingerprint density at radius 1 is 1.42 bits per heavy atom. The van der Waals surface area contributed by atoms with Gasteiger partial charge >= 0.3 is 0 Å². The highest BCUT2D eigenvalue weighted by atomic mass is 16.7. The monoisotopic (exact) mass is 163 g/mol. The first-order valence-electron chi connectivity index (χ1n) is 3.85. The highest BCUT2D eigenvalue weighted by Gasteiger charge is 2.01. The van der Waals surface area contributed by atoms with Gasteiger partial charge in [-0.15, -0.1) is 5.10 Å². The van der Waals surface area contributed by atoms with Crippen LogP contribution >= 0.6 is 0 Å². The van der Waals surface area contributed by atoms with Crippen molar-refractivity contribution < 1.29 is 4.84 Å². The molecule has 0 atom stereocenters. The maximum atomic E-state index is 5.20. The summed E-state index contributed by atoms with van der Waals surface area (Å²) in [6, 6.07) is 7.68. The van der Waals surface area contributed by atoms with Gasteiger partial charge in [0.2, 0.25) is 0 Å². The third-order valence-electron chi connectivity index (χ3n) is 1.57. The van der Waals surface area contributed by atoms with Crippen molar-refractivity contribution in [1.29, 1.82) is 0 Å². The van der Waals surface area contributed by atoms with Crippen LogP contribution in [0.25, 0.3) is 11.0 Å². The Labute approximate surface area is 69.7 Å². The molecule has 12 heavy (non-hydrogen) atoms. The first kappa shape index (κ1) is 7.09. The maximum absolute atomic E-state index is 5.20. The predicted molar refractivity (Wildman–Crippen MR) is 44.6 cm³/mol. The zero-order chi connectivity index (χ0) is 8.39. The normalized spacial score (nSPS) is 10.4. The lowest BCUT2D eigenvalue weighted by Crippen LogP contribution is -2.11. The van der Waals surface area contributed by atoms with Gasteiger partial charge in [0.15, 0.2) is 0 Å². The summed E-state index contributed by atoms with van der Waals surface area (Å²) < 4.78 is 0. The van der Waals surface area contributed by atoms with Gasteiger partial charge < -0.3 is 4.84 Å². The number of hydrogen-bond acceptors (Lipinski definition) is 3. The fourth-order valence-corrected chi connectivity index (χ4v) is 1.07. The summed E-state index contributed by atoms with van der Waals surface area (Å²) in [7, 11) is 0. The van der Waals surface area contributed by atoms with E-state index < -0.39 is 0 Å². The summed E-state index contributed by atoms with van der Waals surface area (Å²) in [6.07, 6.45) is 0. The lowest BCUT2D eigenvalue weighted by Gasteiger charge is -1.99. The van der Waals surface area contributed by atoms with Gasteiger partial charge in [-0.1, -0.05) is 17.0 Å². The molecule has 0 fully saturated rings. The molecule has 0 unspecified atom stereocenters. The zero-order valence-corrected chi connectivity index (χ0v) is 6.77. The van der Waals surface area contributed by atoms with Crippen LogP contribution in [-0.2, 0) is 0 Å². The molecule has 0 bridgehead atoms. The van der Waals surface area contributed by atoms with E-state index in [4.69, 9.17) is 4.84 Å². The topological polar surface area (TPSA) is 39.9 Å². The van der Waals surface area contributed by atoms with Gasteiger partial charge in [0.1, 0.15) is 17.6 Å². The highest BCUT2D eigenvalue weighted by molar-refractivity contribution is 5.73. The Bertz CT molecular complexity index is 382. The van der Waals surface area contributed by atoms with Gasteiger partial charge in [0.05, 0.1) is 0 Å². The third kappa shape index (κ3) is 1.01. The van der Waals surface area contributed by atoms with E-state index in [0.717, 1.165) is 11.0 Å². The molecule has 0 aliphatic carbocycles. The molecule has 4 heteroatoms. The van der Waals surface area contributed by atoms with E-state index in [-0.39, 0.29) is 0 Å². The number of hydrogen-bond donors (Lipinski definition) is 0. The molecular weight excluding hydrogens is 154 g/mol. The maximum Gasteiger partial charge on any atom is 0.130 e. The van der Waals surface area contributed by atoms with E-state index in [1.165, 1.54) is 4.85 Å². The van der Waals surface area contributed by atoms with Crippen molar-refractivity contribution in [3.05, 3.63) is 24.3 Å². The molecule has 1 heterocycles. The molecule has 2 aromatic rings. The summed E-state index contributed by atoms with van der Waals surface area (Å²) in [5, 5.41) is 7.75. The van der Waals surface area contributed by atoms with Crippen molar-refractivity contribution in [2.24, 2.45) is 0 Å². The molecule has 0 aliphatic rings. The quantitative estimate of drug-likeness (QED) is 0.659. The van der Waals surface area contributed by atoms with Crippen LogP contribution in [0, 0.1) is 0 Å². The Hall–Kier alpha value is -1.58. The second-order valence-corrected chi connectivity index (χ2v) is 2.37. The van der Waals surface area contributed by atoms with Crippen molar-refractivity contribution in [3.63, 3.8) is 0 Å². The van der Waals surface area contributed by atoms with Crippen molar-refractivity contribution in [2.75, 3.05) is 6.61 Å². The lowest BCUT2D eigenvalue weighted by molar-refractivity contribution is 0.0979. The van der Waals surface area contributed by atoms with Gasteiger partial charge in [-0.25, -0.2) is 0 Å². The average molecular weight is 163 g/mol. The van der Waals surface area contributed by atoms with Crippen LogP contribution in [0.1, 0.15) is 6.92 Å². The van der Waals surface area contributed by atoms with Crippen LogP contribution in [0.2, 0.25) is 0 Å². The molecule has 1 aromatic heterocycles. The van der Waals surface area contributed by atoms with Crippen LogP contribution in [0.5, 0.6) is 0 Å². The summed E-state index contributed by atoms with van der Waals surface area (Å²) in [5.74, 6) is 0. The minimum absolute atomic E-state index is 0.591. The van der Waals surface area contributed by atoms with E-state index in [1.807, 2.05) is 31.2 Å². The number of nitrogens with zero attached hydrogens (tertiary/aromatic N) is 3. The molecule has 0 spiro atoms. The first-order valence-corrected chi connectivity index (χ1v) is 3.85. The van der Waals surface area contributed by atoms with Crippen LogP contribution in [-0.4, -0.2) is 21.8 Å². The summed E-state index contributed by atoms with van der Waals surface area (Å²) in [6.45, 7) is 2.50. The summed E-state index contributed by atoms with van der Waals surface area (Å²) in [4.78, 5) is 6.64. The van der Waals surface area contributed by atoms with E-state index in [1.54, 1.807) is 0 Å². The Morgan fingerprint density at radius 3 is 3.08 bits per heavy atom. The third-order valence-corrected chi connectivity index (χ3v) is 1.57. The number of fused-ring (bicyclic) bond motifs is 1. The Balaban J connectivity index is 2.55. The average Bonchev–Trinajstić information content (AvgIpc) is 2.50. The van der Waals surface area contributed by atoms with Gasteiger partial charge in [-0.2, -0.15) is 0 Å². The second kappa shape index (κ2) is 2.81. The number of rotatable bonds is 2. The summed E-state index contributed by atoms with van der Waals surface area (Å²) in [5.41, 5.74) is 1.75. The zero-order valence-electron chi connectivity index (χ0n) is 6.77. The predicted octanol–water partition coefficient (Wildman–Crippen LogP) is 0.880. The second-order valence-electron chi connectivity index (χ2n) is 2.37.